The number of ether oxygens (including phenoxy) is 1. The number of hydrogen-bond acceptors (Lipinski definition) is 4. The lowest BCUT2D eigenvalue weighted by Gasteiger charge is -2.08. The van der Waals surface area contributed by atoms with E-state index in [1.165, 1.54) is 18.5 Å². The summed E-state index contributed by atoms with van der Waals surface area (Å²) in [5.74, 6) is 0.745. The second kappa shape index (κ2) is 5.93. The molecule has 0 unspecified atom stereocenters. The van der Waals surface area contributed by atoms with E-state index in [1.807, 2.05) is 12.1 Å². The van der Waals surface area contributed by atoms with Crippen LogP contribution in [0.4, 0.5) is 4.39 Å². The lowest BCUT2D eigenvalue weighted by molar-refractivity contribution is 0.306. The van der Waals surface area contributed by atoms with Gasteiger partial charge in [-0.2, -0.15) is 0 Å². The van der Waals surface area contributed by atoms with Crippen molar-refractivity contribution in [2.45, 2.75) is 6.61 Å². The standard InChI is InChI=1S/C15H10ClFN2O2/c16-14-7-12(17)4-1-11(14)8-20-13-5-2-10(3-6-13)15-19-18-9-21-15/h1-7,9H,8H2. The molecular formula is C15H10ClFN2O2. The molecule has 2 aromatic carbocycles. The first-order valence-corrected chi connectivity index (χ1v) is 6.53. The van der Waals surface area contributed by atoms with E-state index < -0.39 is 0 Å². The predicted molar refractivity (Wildman–Crippen MR) is 75.5 cm³/mol. The van der Waals surface area contributed by atoms with Crippen molar-refractivity contribution in [3.63, 3.8) is 0 Å². The van der Waals surface area contributed by atoms with E-state index in [0.717, 1.165) is 11.1 Å². The van der Waals surface area contributed by atoms with Gasteiger partial charge in [-0.1, -0.05) is 17.7 Å². The number of rotatable bonds is 4. The summed E-state index contributed by atoms with van der Waals surface area (Å²) in [6.45, 7) is 0.263. The number of halogens is 2. The Hall–Kier alpha value is -2.40. The Morgan fingerprint density at radius 2 is 1.95 bits per heavy atom. The third-order valence-corrected chi connectivity index (χ3v) is 3.22. The Morgan fingerprint density at radius 3 is 2.62 bits per heavy atom. The predicted octanol–water partition coefficient (Wildman–Crippen LogP) is 4.11. The molecule has 0 N–H and O–H groups in total. The van der Waals surface area contributed by atoms with Crippen LogP contribution in [0.5, 0.6) is 5.75 Å². The second-order valence-electron chi connectivity index (χ2n) is 4.29. The zero-order valence-corrected chi connectivity index (χ0v) is 11.5. The second-order valence-corrected chi connectivity index (χ2v) is 4.70. The third kappa shape index (κ3) is 3.20. The van der Waals surface area contributed by atoms with E-state index >= 15 is 0 Å². The molecule has 1 heterocycles. The van der Waals surface area contributed by atoms with Crippen LogP contribution < -0.4 is 4.74 Å². The Labute approximate surface area is 125 Å². The number of hydrogen-bond donors (Lipinski definition) is 0. The fraction of sp³-hybridized carbons (Fsp3) is 0.0667. The SMILES string of the molecule is Fc1ccc(COc2ccc(-c3nnco3)cc2)c(Cl)c1. The molecule has 0 bridgehead atoms. The molecular weight excluding hydrogens is 295 g/mol. The molecule has 106 valence electrons. The molecule has 0 radical (unpaired) electrons. The van der Waals surface area contributed by atoms with Crippen LogP contribution in [-0.4, -0.2) is 10.2 Å². The summed E-state index contributed by atoms with van der Waals surface area (Å²) in [5.41, 5.74) is 1.53. The van der Waals surface area contributed by atoms with Crippen molar-refractivity contribution in [1.29, 1.82) is 0 Å². The molecule has 0 saturated heterocycles. The van der Waals surface area contributed by atoms with Gasteiger partial charge in [0.2, 0.25) is 12.3 Å². The summed E-state index contributed by atoms with van der Waals surface area (Å²) < 4.78 is 23.7. The van der Waals surface area contributed by atoms with Crippen LogP contribution in [0.3, 0.4) is 0 Å². The molecule has 0 fully saturated rings. The summed E-state index contributed by atoms with van der Waals surface area (Å²) in [7, 11) is 0. The average molecular weight is 305 g/mol. The molecule has 6 heteroatoms. The van der Waals surface area contributed by atoms with E-state index in [-0.39, 0.29) is 12.4 Å². The minimum absolute atomic E-state index is 0.263. The maximum Gasteiger partial charge on any atom is 0.247 e. The summed E-state index contributed by atoms with van der Waals surface area (Å²) in [5, 5.41) is 7.78. The van der Waals surface area contributed by atoms with Gasteiger partial charge in [0.05, 0.1) is 5.02 Å². The quantitative estimate of drug-likeness (QED) is 0.728. The fourth-order valence-corrected chi connectivity index (χ4v) is 2.01. The maximum atomic E-state index is 12.9. The zero-order valence-electron chi connectivity index (χ0n) is 10.8. The van der Waals surface area contributed by atoms with Gasteiger partial charge in [0.1, 0.15) is 18.2 Å². The molecule has 0 aliphatic carbocycles. The molecule has 0 amide bonds. The summed E-state index contributed by atoms with van der Waals surface area (Å²) >= 11 is 5.94. The van der Waals surface area contributed by atoms with E-state index in [9.17, 15) is 4.39 Å². The molecule has 0 atom stereocenters. The van der Waals surface area contributed by atoms with Crippen LogP contribution in [0, 0.1) is 5.82 Å². The monoisotopic (exact) mass is 304 g/mol. The minimum atomic E-state index is -0.368. The third-order valence-electron chi connectivity index (χ3n) is 2.87. The van der Waals surface area contributed by atoms with E-state index in [0.29, 0.717) is 16.7 Å². The first-order chi connectivity index (χ1) is 10.2. The van der Waals surface area contributed by atoms with Gasteiger partial charge in [-0.05, 0) is 36.4 Å². The largest absolute Gasteiger partial charge is 0.489 e. The summed E-state index contributed by atoms with van der Waals surface area (Å²) in [6.07, 6.45) is 1.27. The van der Waals surface area contributed by atoms with Crippen molar-refractivity contribution >= 4 is 11.6 Å². The highest BCUT2D eigenvalue weighted by molar-refractivity contribution is 6.31. The molecule has 21 heavy (non-hydrogen) atoms. The van der Waals surface area contributed by atoms with Gasteiger partial charge >= 0.3 is 0 Å². The molecule has 0 saturated carbocycles. The normalized spacial score (nSPS) is 10.6. The summed E-state index contributed by atoms with van der Waals surface area (Å²) in [6, 6.07) is 11.4. The van der Waals surface area contributed by atoms with Gasteiger partial charge in [0.15, 0.2) is 0 Å². The molecule has 3 rings (SSSR count). The average Bonchev–Trinajstić information content (AvgIpc) is 3.01. The highest BCUT2D eigenvalue weighted by Gasteiger charge is 2.05. The van der Waals surface area contributed by atoms with Gasteiger partial charge in [-0.25, -0.2) is 4.39 Å². The zero-order chi connectivity index (χ0) is 14.7. The molecule has 4 nitrogen and oxygen atoms in total. The van der Waals surface area contributed by atoms with Gasteiger partial charge in [-0.3, -0.25) is 0 Å². The van der Waals surface area contributed by atoms with E-state index in [2.05, 4.69) is 10.2 Å². The number of aromatic nitrogens is 2. The van der Waals surface area contributed by atoms with E-state index in [4.69, 9.17) is 20.8 Å². The van der Waals surface area contributed by atoms with Crippen LogP contribution >= 0.6 is 11.6 Å². The lowest BCUT2D eigenvalue weighted by atomic mass is 10.2. The highest BCUT2D eigenvalue weighted by atomic mass is 35.5. The van der Waals surface area contributed by atoms with Crippen molar-refractivity contribution in [2.75, 3.05) is 0 Å². The maximum absolute atomic E-state index is 12.9. The van der Waals surface area contributed by atoms with Gasteiger partial charge in [0.25, 0.3) is 0 Å². The Bertz CT molecular complexity index is 730. The van der Waals surface area contributed by atoms with Gasteiger partial charge < -0.3 is 9.15 Å². The van der Waals surface area contributed by atoms with E-state index in [1.54, 1.807) is 18.2 Å². The Balaban J connectivity index is 1.68. The first kappa shape index (κ1) is 13.6. The number of nitrogens with zero attached hydrogens (tertiary/aromatic N) is 2. The van der Waals surface area contributed by atoms with Crippen molar-refractivity contribution < 1.29 is 13.5 Å². The van der Waals surface area contributed by atoms with Crippen molar-refractivity contribution in [1.82, 2.24) is 10.2 Å². The Morgan fingerprint density at radius 1 is 1.14 bits per heavy atom. The summed E-state index contributed by atoms with van der Waals surface area (Å²) in [4.78, 5) is 0. The lowest BCUT2D eigenvalue weighted by Crippen LogP contribution is -1.96. The van der Waals surface area contributed by atoms with Crippen molar-refractivity contribution in [2.24, 2.45) is 0 Å². The molecule has 1 aromatic heterocycles. The van der Waals surface area contributed by atoms with Crippen LogP contribution in [0.15, 0.2) is 53.3 Å². The van der Waals surface area contributed by atoms with Crippen molar-refractivity contribution in [3.05, 3.63) is 65.3 Å². The van der Waals surface area contributed by atoms with Crippen LogP contribution in [0.1, 0.15) is 5.56 Å². The highest BCUT2D eigenvalue weighted by Crippen LogP contribution is 2.23. The van der Waals surface area contributed by atoms with Crippen molar-refractivity contribution in [3.8, 4) is 17.2 Å². The minimum Gasteiger partial charge on any atom is -0.489 e. The molecule has 3 aromatic rings. The van der Waals surface area contributed by atoms with Crippen LogP contribution in [0.2, 0.25) is 5.02 Å². The van der Waals surface area contributed by atoms with Gasteiger partial charge in [0, 0.05) is 11.1 Å². The van der Waals surface area contributed by atoms with Crippen LogP contribution in [0.25, 0.3) is 11.5 Å². The van der Waals surface area contributed by atoms with Crippen LogP contribution in [-0.2, 0) is 6.61 Å². The molecule has 0 aliphatic heterocycles. The fourth-order valence-electron chi connectivity index (χ4n) is 1.79. The number of benzene rings is 2. The molecule has 0 aliphatic rings. The van der Waals surface area contributed by atoms with Gasteiger partial charge in [-0.15, -0.1) is 10.2 Å². The topological polar surface area (TPSA) is 48.2 Å². The smallest absolute Gasteiger partial charge is 0.247 e. The Kier molecular flexibility index (Phi) is 3.83. The molecule has 0 spiro atoms. The first-order valence-electron chi connectivity index (χ1n) is 6.16.